The third-order valence-corrected chi connectivity index (χ3v) is 6.07. The fourth-order valence-electron chi connectivity index (χ4n) is 2.34. The molecule has 0 radical (unpaired) electrons. The Morgan fingerprint density at radius 2 is 2.04 bits per heavy atom. The number of thiazole rings is 1. The molecule has 2 aromatic heterocycles. The molecule has 130 valence electrons. The van der Waals surface area contributed by atoms with E-state index in [0.717, 1.165) is 22.5 Å². The Labute approximate surface area is 149 Å². The van der Waals surface area contributed by atoms with E-state index in [-0.39, 0.29) is 11.4 Å². The van der Waals surface area contributed by atoms with Gasteiger partial charge in [-0.05, 0) is 42.8 Å². The van der Waals surface area contributed by atoms with Crippen LogP contribution in [0.25, 0.3) is 11.4 Å². The first-order valence-electron chi connectivity index (χ1n) is 7.57. The molecule has 0 unspecified atom stereocenters. The number of rotatable bonds is 6. The van der Waals surface area contributed by atoms with Gasteiger partial charge in [0.2, 0.25) is 10.0 Å². The van der Waals surface area contributed by atoms with Crippen molar-refractivity contribution in [3.8, 4) is 11.4 Å². The van der Waals surface area contributed by atoms with E-state index in [2.05, 4.69) is 14.7 Å². The molecule has 0 saturated heterocycles. The lowest BCUT2D eigenvalue weighted by Gasteiger charge is -2.08. The Balaban J connectivity index is 1.64. The van der Waals surface area contributed by atoms with Crippen molar-refractivity contribution in [2.75, 3.05) is 6.54 Å². The summed E-state index contributed by atoms with van der Waals surface area (Å²) in [7, 11) is -3.68. The number of pyridine rings is 1. The molecule has 3 aromatic rings. The molecule has 3 rings (SSSR count). The number of nitrogens with zero attached hydrogens (tertiary/aromatic N) is 2. The molecule has 1 N–H and O–H groups in total. The van der Waals surface area contributed by atoms with Crippen LogP contribution in [0.15, 0.2) is 52.9 Å². The van der Waals surface area contributed by atoms with Gasteiger partial charge in [-0.2, -0.15) is 0 Å². The van der Waals surface area contributed by atoms with Crippen molar-refractivity contribution in [2.24, 2.45) is 0 Å². The smallest absolute Gasteiger partial charge is 0.240 e. The first-order chi connectivity index (χ1) is 12.0. The van der Waals surface area contributed by atoms with Gasteiger partial charge >= 0.3 is 0 Å². The Hall–Kier alpha value is -2.16. The molecule has 0 aliphatic carbocycles. The molecule has 8 heteroatoms. The highest BCUT2D eigenvalue weighted by Gasteiger charge is 2.17. The predicted octanol–water partition coefficient (Wildman–Crippen LogP) is 3.17. The van der Waals surface area contributed by atoms with Gasteiger partial charge in [0.1, 0.15) is 5.82 Å². The van der Waals surface area contributed by atoms with Crippen molar-refractivity contribution >= 4 is 21.4 Å². The van der Waals surface area contributed by atoms with E-state index in [1.54, 1.807) is 13.1 Å². The van der Waals surface area contributed by atoms with Gasteiger partial charge in [0.25, 0.3) is 0 Å². The van der Waals surface area contributed by atoms with Crippen LogP contribution in [0.3, 0.4) is 0 Å². The summed E-state index contributed by atoms with van der Waals surface area (Å²) in [6.45, 7) is 1.78. The van der Waals surface area contributed by atoms with E-state index in [1.807, 2.05) is 23.6 Å². The van der Waals surface area contributed by atoms with Crippen molar-refractivity contribution in [3.05, 3.63) is 64.4 Å². The number of sulfonamides is 1. The first kappa shape index (κ1) is 17.7. The van der Waals surface area contributed by atoms with Gasteiger partial charge in [-0.1, -0.05) is 6.07 Å². The SMILES string of the molecule is Cc1cc(F)ccc1S(=O)(=O)NCCc1nc(-c2ccccn2)cs1. The number of halogens is 1. The van der Waals surface area contributed by atoms with Crippen molar-refractivity contribution < 1.29 is 12.8 Å². The van der Waals surface area contributed by atoms with E-state index in [9.17, 15) is 12.8 Å². The van der Waals surface area contributed by atoms with E-state index in [4.69, 9.17) is 0 Å². The van der Waals surface area contributed by atoms with E-state index in [0.29, 0.717) is 12.0 Å². The Bertz CT molecular complexity index is 973. The second kappa shape index (κ2) is 7.38. The normalized spacial score (nSPS) is 11.6. The van der Waals surface area contributed by atoms with Crippen LogP contribution >= 0.6 is 11.3 Å². The molecule has 1 aromatic carbocycles. The van der Waals surface area contributed by atoms with Crippen molar-refractivity contribution in [3.63, 3.8) is 0 Å². The van der Waals surface area contributed by atoms with Gasteiger partial charge in [-0.3, -0.25) is 4.98 Å². The average molecular weight is 377 g/mol. The summed E-state index contributed by atoms with van der Waals surface area (Å²) < 4.78 is 40.3. The van der Waals surface area contributed by atoms with Crippen LogP contribution in [-0.2, 0) is 16.4 Å². The van der Waals surface area contributed by atoms with Gasteiger partial charge in [0.15, 0.2) is 0 Å². The largest absolute Gasteiger partial charge is 0.255 e. The van der Waals surface area contributed by atoms with Crippen LogP contribution in [0.2, 0.25) is 0 Å². The lowest BCUT2D eigenvalue weighted by Crippen LogP contribution is -2.26. The molecule has 0 bridgehead atoms. The minimum absolute atomic E-state index is 0.0854. The molecule has 0 saturated carbocycles. The zero-order chi connectivity index (χ0) is 17.9. The number of aromatic nitrogens is 2. The fourth-order valence-corrected chi connectivity index (χ4v) is 4.39. The second-order valence-electron chi connectivity index (χ2n) is 5.40. The van der Waals surface area contributed by atoms with Gasteiger partial charge in [-0.25, -0.2) is 22.5 Å². The molecule has 0 aliphatic heterocycles. The number of hydrogen-bond acceptors (Lipinski definition) is 5. The standard InChI is InChI=1S/C17H16FN3O2S2/c1-12-10-13(18)5-6-16(12)25(22,23)20-9-7-17-21-15(11-24-17)14-4-2-3-8-19-14/h2-6,8,10-11,20H,7,9H2,1H3. The van der Waals surface area contributed by atoms with Crippen LogP contribution in [0.4, 0.5) is 4.39 Å². The molecule has 2 heterocycles. The van der Waals surface area contributed by atoms with Crippen LogP contribution < -0.4 is 4.72 Å². The van der Waals surface area contributed by atoms with Crippen LogP contribution in [0, 0.1) is 12.7 Å². The summed E-state index contributed by atoms with van der Waals surface area (Å²) in [5, 5.41) is 2.72. The summed E-state index contributed by atoms with van der Waals surface area (Å²) in [5.74, 6) is -0.457. The number of benzene rings is 1. The molecule has 25 heavy (non-hydrogen) atoms. The molecule has 0 amide bonds. The summed E-state index contributed by atoms with van der Waals surface area (Å²) in [6.07, 6.45) is 2.17. The minimum atomic E-state index is -3.68. The lowest BCUT2D eigenvalue weighted by atomic mass is 10.2. The summed E-state index contributed by atoms with van der Waals surface area (Å²) >= 11 is 1.46. The highest BCUT2D eigenvalue weighted by molar-refractivity contribution is 7.89. The highest BCUT2D eigenvalue weighted by Crippen LogP contribution is 2.20. The second-order valence-corrected chi connectivity index (χ2v) is 8.08. The molecular formula is C17H16FN3O2S2. The first-order valence-corrected chi connectivity index (χ1v) is 9.93. The third-order valence-electron chi connectivity index (χ3n) is 3.54. The molecule has 5 nitrogen and oxygen atoms in total. The van der Waals surface area contributed by atoms with Crippen molar-refractivity contribution in [1.29, 1.82) is 0 Å². The molecule has 0 aliphatic rings. The average Bonchev–Trinajstić information content (AvgIpc) is 3.04. The molecule has 0 atom stereocenters. The van der Waals surface area contributed by atoms with Gasteiger partial charge < -0.3 is 0 Å². The van der Waals surface area contributed by atoms with Crippen molar-refractivity contribution in [2.45, 2.75) is 18.2 Å². The third kappa shape index (κ3) is 4.28. The zero-order valence-electron chi connectivity index (χ0n) is 13.4. The number of hydrogen-bond donors (Lipinski definition) is 1. The molecule has 0 fully saturated rings. The lowest BCUT2D eigenvalue weighted by molar-refractivity contribution is 0.579. The maximum Gasteiger partial charge on any atom is 0.240 e. The maximum absolute atomic E-state index is 13.1. The predicted molar refractivity (Wildman–Crippen MR) is 95.4 cm³/mol. The zero-order valence-corrected chi connectivity index (χ0v) is 15.1. The molecular weight excluding hydrogens is 361 g/mol. The van der Waals surface area contributed by atoms with Crippen LogP contribution in [0.5, 0.6) is 0 Å². The Morgan fingerprint density at radius 1 is 1.20 bits per heavy atom. The summed E-state index contributed by atoms with van der Waals surface area (Å²) in [5.41, 5.74) is 1.93. The van der Waals surface area contributed by atoms with Crippen LogP contribution in [-0.4, -0.2) is 24.9 Å². The fraction of sp³-hybridized carbons (Fsp3) is 0.176. The number of aryl methyl sites for hydroxylation is 1. The summed E-state index contributed by atoms with van der Waals surface area (Å²) in [6, 6.07) is 9.22. The molecule has 0 spiro atoms. The maximum atomic E-state index is 13.1. The Morgan fingerprint density at radius 3 is 2.76 bits per heavy atom. The van der Waals surface area contributed by atoms with Gasteiger partial charge in [-0.15, -0.1) is 11.3 Å². The van der Waals surface area contributed by atoms with E-state index >= 15 is 0 Å². The van der Waals surface area contributed by atoms with E-state index in [1.165, 1.54) is 23.5 Å². The Kier molecular flexibility index (Phi) is 5.22. The van der Waals surface area contributed by atoms with Gasteiger partial charge in [0.05, 0.1) is 21.3 Å². The topological polar surface area (TPSA) is 72.0 Å². The monoisotopic (exact) mass is 377 g/mol. The minimum Gasteiger partial charge on any atom is -0.255 e. The quantitative estimate of drug-likeness (QED) is 0.716. The summed E-state index contributed by atoms with van der Waals surface area (Å²) in [4.78, 5) is 8.80. The number of nitrogens with one attached hydrogen (secondary N) is 1. The van der Waals surface area contributed by atoms with E-state index < -0.39 is 15.8 Å². The van der Waals surface area contributed by atoms with Crippen molar-refractivity contribution in [1.82, 2.24) is 14.7 Å². The highest BCUT2D eigenvalue weighted by atomic mass is 32.2. The van der Waals surface area contributed by atoms with Crippen LogP contribution in [0.1, 0.15) is 10.6 Å². The van der Waals surface area contributed by atoms with Gasteiger partial charge in [0, 0.05) is 24.5 Å².